The molecule has 1 aliphatic heterocycles. The minimum atomic E-state index is -3.20. The Bertz CT molecular complexity index is 1070. The van der Waals surface area contributed by atoms with Crippen molar-refractivity contribution in [2.45, 2.75) is 19.3 Å². The normalized spacial score (nSPS) is 15.6. The predicted molar refractivity (Wildman–Crippen MR) is 109 cm³/mol. The molecule has 11 heteroatoms. The summed E-state index contributed by atoms with van der Waals surface area (Å²) >= 11 is 2.20. The van der Waals surface area contributed by atoms with Gasteiger partial charge in [-0.1, -0.05) is 18.2 Å². The highest BCUT2D eigenvalue weighted by Gasteiger charge is 2.25. The second kappa shape index (κ2) is 8.50. The van der Waals surface area contributed by atoms with Crippen LogP contribution in [-0.4, -0.2) is 28.0 Å². The van der Waals surface area contributed by atoms with E-state index in [0.29, 0.717) is 11.5 Å². The van der Waals surface area contributed by atoms with Crippen LogP contribution >= 0.6 is 22.6 Å². The lowest BCUT2D eigenvalue weighted by molar-refractivity contribution is -0.0692. The fraction of sp³-hybridized carbons (Fsp3) is 0.158. The van der Waals surface area contributed by atoms with Gasteiger partial charge in [0, 0.05) is 9.27 Å². The molecule has 0 unspecified atom stereocenters. The van der Waals surface area contributed by atoms with Crippen molar-refractivity contribution in [2.24, 2.45) is 0 Å². The molecule has 0 aliphatic carbocycles. The summed E-state index contributed by atoms with van der Waals surface area (Å²) in [5, 5.41) is 7.34. The zero-order valence-electron chi connectivity index (χ0n) is 15.0. The van der Waals surface area contributed by atoms with Gasteiger partial charge in [-0.3, -0.25) is 0 Å². The zero-order chi connectivity index (χ0) is 21.3. The van der Waals surface area contributed by atoms with Crippen LogP contribution in [0.15, 0.2) is 54.9 Å². The second-order valence-corrected chi connectivity index (χ2v) is 7.39. The number of hydrogen-bond donors (Lipinski definition) is 1. The number of nitrogens with zero attached hydrogens (tertiary/aromatic N) is 3. The third-order valence-electron chi connectivity index (χ3n) is 4.30. The Labute approximate surface area is 181 Å². The number of fused-ring (bicyclic) bond motifs is 1. The molecular formula is C19H13F4IN4O2. The molecule has 1 aliphatic rings. The standard InChI is InChI=1S/C19H13F4IN4O2/c20-17(21)29-15-6-3-11(7-16(15)30-18(22)23)14-8-13(10-1-4-12(24)5-2-10)27-19-25-9-26-28(14)19/h1-9,14,17-18H,(H,25,26,27)/t14-/m0/s1. The number of ether oxygens (including phenoxy) is 2. The summed E-state index contributed by atoms with van der Waals surface area (Å²) in [6, 6.07) is 11.1. The molecule has 156 valence electrons. The van der Waals surface area contributed by atoms with E-state index < -0.39 is 30.8 Å². The van der Waals surface area contributed by atoms with E-state index in [1.165, 1.54) is 18.5 Å². The Morgan fingerprint density at radius 3 is 2.37 bits per heavy atom. The highest BCUT2D eigenvalue weighted by atomic mass is 127. The van der Waals surface area contributed by atoms with E-state index in [4.69, 9.17) is 0 Å². The van der Waals surface area contributed by atoms with E-state index in [0.717, 1.165) is 20.9 Å². The van der Waals surface area contributed by atoms with Gasteiger partial charge < -0.3 is 14.8 Å². The van der Waals surface area contributed by atoms with Crippen LogP contribution in [0.1, 0.15) is 17.2 Å². The summed E-state index contributed by atoms with van der Waals surface area (Å²) < 4.78 is 62.1. The number of benzene rings is 2. The monoisotopic (exact) mass is 532 g/mol. The summed E-state index contributed by atoms with van der Waals surface area (Å²) in [5.74, 6) is -0.531. The van der Waals surface area contributed by atoms with Gasteiger partial charge in [-0.2, -0.15) is 27.6 Å². The molecule has 3 aromatic rings. The van der Waals surface area contributed by atoms with E-state index in [1.54, 1.807) is 4.68 Å². The van der Waals surface area contributed by atoms with Crippen molar-refractivity contribution in [3.05, 3.63) is 69.6 Å². The number of allylic oxidation sites excluding steroid dienone is 1. The quantitative estimate of drug-likeness (QED) is 0.352. The number of alkyl halides is 4. The maximum absolute atomic E-state index is 12.8. The molecule has 30 heavy (non-hydrogen) atoms. The first-order valence-electron chi connectivity index (χ1n) is 8.58. The van der Waals surface area contributed by atoms with E-state index >= 15 is 0 Å². The summed E-state index contributed by atoms with van der Waals surface area (Å²) in [5.41, 5.74) is 2.10. The van der Waals surface area contributed by atoms with Gasteiger partial charge in [-0.25, -0.2) is 4.68 Å². The van der Waals surface area contributed by atoms with Gasteiger partial charge in [0.05, 0.1) is 0 Å². The SMILES string of the molecule is FC(F)Oc1ccc([C@@H]2C=C(c3ccc(I)cc3)Nc3ncnn32)cc1OC(F)F. The molecule has 1 N–H and O–H groups in total. The molecule has 0 saturated carbocycles. The van der Waals surface area contributed by atoms with Crippen LogP contribution < -0.4 is 14.8 Å². The molecule has 0 bridgehead atoms. The van der Waals surface area contributed by atoms with E-state index in [9.17, 15) is 17.6 Å². The van der Waals surface area contributed by atoms with Crippen molar-refractivity contribution in [2.75, 3.05) is 5.32 Å². The largest absolute Gasteiger partial charge is 0.431 e. The van der Waals surface area contributed by atoms with Gasteiger partial charge in [0.15, 0.2) is 11.5 Å². The Morgan fingerprint density at radius 1 is 0.967 bits per heavy atom. The summed E-state index contributed by atoms with van der Waals surface area (Å²) in [4.78, 5) is 4.18. The Hall–Kier alpha value is -2.83. The highest BCUT2D eigenvalue weighted by molar-refractivity contribution is 14.1. The molecule has 2 heterocycles. The predicted octanol–water partition coefficient (Wildman–Crippen LogP) is 5.14. The molecule has 0 saturated heterocycles. The van der Waals surface area contributed by atoms with Crippen LogP contribution in [0.2, 0.25) is 0 Å². The number of hydrogen-bond acceptors (Lipinski definition) is 5. The number of anilines is 1. The molecule has 4 rings (SSSR count). The average molecular weight is 532 g/mol. The van der Waals surface area contributed by atoms with Crippen LogP contribution in [0, 0.1) is 3.57 Å². The van der Waals surface area contributed by atoms with E-state index in [-0.39, 0.29) is 0 Å². The fourth-order valence-electron chi connectivity index (χ4n) is 3.06. The first kappa shape index (κ1) is 20.4. The molecule has 0 fully saturated rings. The lowest BCUT2D eigenvalue weighted by atomic mass is 10.0. The van der Waals surface area contributed by atoms with Crippen LogP contribution in [0.3, 0.4) is 0 Å². The van der Waals surface area contributed by atoms with Gasteiger partial charge in [0.1, 0.15) is 12.4 Å². The van der Waals surface area contributed by atoms with Crippen molar-refractivity contribution in [3.63, 3.8) is 0 Å². The first-order chi connectivity index (χ1) is 14.4. The number of rotatable bonds is 6. The summed E-state index contributed by atoms with van der Waals surface area (Å²) in [6.07, 6.45) is 3.18. The Kier molecular flexibility index (Phi) is 5.79. The maximum Gasteiger partial charge on any atom is 0.387 e. The van der Waals surface area contributed by atoms with Gasteiger partial charge in [-0.05, 0) is 64.1 Å². The van der Waals surface area contributed by atoms with Crippen LogP contribution in [-0.2, 0) is 0 Å². The number of aromatic nitrogens is 3. The van der Waals surface area contributed by atoms with Crippen molar-refractivity contribution in [1.29, 1.82) is 0 Å². The van der Waals surface area contributed by atoms with Crippen LogP contribution in [0.4, 0.5) is 23.5 Å². The topological polar surface area (TPSA) is 61.2 Å². The van der Waals surface area contributed by atoms with Crippen molar-refractivity contribution in [3.8, 4) is 11.5 Å². The lowest BCUT2D eigenvalue weighted by Crippen LogP contribution is -2.20. The third-order valence-corrected chi connectivity index (χ3v) is 5.02. The van der Waals surface area contributed by atoms with Gasteiger partial charge in [-0.15, -0.1) is 0 Å². The van der Waals surface area contributed by atoms with Crippen molar-refractivity contribution >= 4 is 34.2 Å². The molecule has 1 aromatic heterocycles. The van der Waals surface area contributed by atoms with Gasteiger partial charge in [0.25, 0.3) is 0 Å². The molecule has 2 aromatic carbocycles. The van der Waals surface area contributed by atoms with Gasteiger partial charge in [0.2, 0.25) is 5.95 Å². The number of halogens is 5. The smallest absolute Gasteiger partial charge is 0.387 e. The fourth-order valence-corrected chi connectivity index (χ4v) is 3.42. The molecule has 0 spiro atoms. The number of nitrogens with one attached hydrogen (secondary N) is 1. The molecule has 1 atom stereocenters. The average Bonchev–Trinajstić information content (AvgIpc) is 3.17. The van der Waals surface area contributed by atoms with Gasteiger partial charge >= 0.3 is 13.2 Å². The highest BCUT2D eigenvalue weighted by Crippen LogP contribution is 2.37. The zero-order valence-corrected chi connectivity index (χ0v) is 17.1. The van der Waals surface area contributed by atoms with E-state index in [1.807, 2.05) is 30.3 Å². The van der Waals surface area contributed by atoms with Crippen molar-refractivity contribution in [1.82, 2.24) is 14.8 Å². The summed E-state index contributed by atoms with van der Waals surface area (Å²) in [6.45, 7) is -6.38. The van der Waals surface area contributed by atoms with Crippen LogP contribution in [0.25, 0.3) is 5.70 Å². The van der Waals surface area contributed by atoms with Crippen LogP contribution in [0.5, 0.6) is 11.5 Å². The van der Waals surface area contributed by atoms with Crippen molar-refractivity contribution < 1.29 is 27.0 Å². The lowest BCUT2D eigenvalue weighted by Gasteiger charge is -2.25. The molecule has 0 radical (unpaired) electrons. The molecule has 0 amide bonds. The minimum absolute atomic E-state index is 0.445. The second-order valence-electron chi connectivity index (χ2n) is 6.15. The maximum atomic E-state index is 12.8. The molecular weight excluding hydrogens is 519 g/mol. The first-order valence-corrected chi connectivity index (χ1v) is 9.66. The molecule has 6 nitrogen and oxygen atoms in total. The minimum Gasteiger partial charge on any atom is -0.431 e. The summed E-state index contributed by atoms with van der Waals surface area (Å²) in [7, 11) is 0. The Balaban J connectivity index is 1.76. The Morgan fingerprint density at radius 2 is 1.67 bits per heavy atom. The van der Waals surface area contributed by atoms with E-state index in [2.05, 4.69) is 47.5 Å². The third kappa shape index (κ3) is 4.35.